The van der Waals surface area contributed by atoms with Gasteiger partial charge in [0, 0.05) is 0 Å². The van der Waals surface area contributed by atoms with Crippen molar-refractivity contribution >= 4 is 5.97 Å². The van der Waals surface area contributed by atoms with Crippen LogP contribution in [0.1, 0.15) is 0 Å². The van der Waals surface area contributed by atoms with E-state index >= 15 is 0 Å². The Morgan fingerprint density at radius 1 is 1.50 bits per heavy atom. The average molecular weight is 172 g/mol. The molecule has 0 unspecified atom stereocenters. The van der Waals surface area contributed by atoms with E-state index in [-0.39, 0.29) is 64.6 Å². The number of hydrogen-bond donors (Lipinski definition) is 2. The first-order valence-electron chi connectivity index (χ1n) is 2.24. The van der Waals surface area contributed by atoms with Crippen LogP contribution >= 0.6 is 0 Å². The molecule has 0 fully saturated rings. The number of carbonyl (C=O) groups is 1. The maximum absolute atomic E-state index is 9.14. The van der Waals surface area contributed by atoms with E-state index in [0.29, 0.717) is 0 Å². The van der Waals surface area contributed by atoms with Gasteiger partial charge in [-0.1, -0.05) is 6.58 Å². The Morgan fingerprint density at radius 2 is 1.70 bits per heavy atom. The van der Waals surface area contributed by atoms with Gasteiger partial charge in [0.2, 0.25) is 0 Å². The van der Waals surface area contributed by atoms with Gasteiger partial charge in [0.1, 0.15) is 0 Å². The molecule has 0 heterocycles. The van der Waals surface area contributed by atoms with E-state index in [1.165, 1.54) is 0 Å². The second-order valence-corrected chi connectivity index (χ2v) is 0.970. The SMILES string of the molecule is C=CC(=O)[O-].OCCO.[K+]. The van der Waals surface area contributed by atoms with Crippen molar-refractivity contribution in [2.75, 3.05) is 13.2 Å². The summed E-state index contributed by atoms with van der Waals surface area (Å²) in [6.07, 6.45) is 0.722. The first kappa shape index (κ1) is 17.0. The Kier molecular flexibility index (Phi) is 27.9. The van der Waals surface area contributed by atoms with E-state index < -0.39 is 5.97 Å². The van der Waals surface area contributed by atoms with Crippen molar-refractivity contribution in [2.24, 2.45) is 0 Å². The summed E-state index contributed by atoms with van der Waals surface area (Å²) in [6.45, 7) is 2.65. The second kappa shape index (κ2) is 16.4. The Balaban J connectivity index is -0.0000000910. The number of hydrogen-bond acceptors (Lipinski definition) is 4. The molecule has 0 aliphatic carbocycles. The van der Waals surface area contributed by atoms with Crippen molar-refractivity contribution in [3.8, 4) is 0 Å². The normalized spacial score (nSPS) is 6.20. The molecular weight excluding hydrogens is 163 g/mol. The van der Waals surface area contributed by atoms with Gasteiger partial charge in [-0.25, -0.2) is 0 Å². The predicted octanol–water partition coefficient (Wildman–Crippen LogP) is -5.10. The summed E-state index contributed by atoms with van der Waals surface area (Å²) in [5.41, 5.74) is 0. The fourth-order valence-electron chi connectivity index (χ4n) is 0. The number of aliphatic hydroxyl groups excluding tert-OH is 2. The summed E-state index contributed by atoms with van der Waals surface area (Å²) < 4.78 is 0. The molecule has 0 amide bonds. The number of carboxylic acids is 1. The van der Waals surface area contributed by atoms with Crippen molar-refractivity contribution in [3.05, 3.63) is 12.7 Å². The summed E-state index contributed by atoms with van der Waals surface area (Å²) in [5.74, 6) is -1.23. The largest absolute Gasteiger partial charge is 1.00 e. The molecule has 0 spiro atoms. The zero-order valence-electron chi connectivity index (χ0n) is 5.91. The molecule has 0 saturated carbocycles. The molecule has 10 heavy (non-hydrogen) atoms. The molecule has 0 radical (unpaired) electrons. The van der Waals surface area contributed by atoms with Gasteiger partial charge in [-0.15, -0.1) is 0 Å². The molecule has 0 aliphatic heterocycles. The molecule has 0 rings (SSSR count). The van der Waals surface area contributed by atoms with Gasteiger partial charge in [0.15, 0.2) is 0 Å². The summed E-state index contributed by atoms with van der Waals surface area (Å²) in [7, 11) is 0. The van der Waals surface area contributed by atoms with Gasteiger partial charge in [-0.05, 0) is 6.08 Å². The first-order valence-corrected chi connectivity index (χ1v) is 2.24. The van der Waals surface area contributed by atoms with Crippen LogP contribution in [0.2, 0.25) is 0 Å². The molecule has 0 atom stereocenters. The van der Waals surface area contributed by atoms with Gasteiger partial charge >= 0.3 is 51.4 Å². The molecule has 5 heteroatoms. The van der Waals surface area contributed by atoms with Crippen LogP contribution in [0, 0.1) is 0 Å². The van der Waals surface area contributed by atoms with Crippen molar-refractivity contribution in [2.45, 2.75) is 0 Å². The zero-order valence-corrected chi connectivity index (χ0v) is 9.03. The average Bonchev–Trinajstić information content (AvgIpc) is 1.89. The van der Waals surface area contributed by atoms with Crippen molar-refractivity contribution in [1.82, 2.24) is 0 Å². The molecule has 0 bridgehead atoms. The minimum atomic E-state index is -1.23. The third-order valence-corrected chi connectivity index (χ3v) is 0.267. The third-order valence-electron chi connectivity index (χ3n) is 0.267. The topological polar surface area (TPSA) is 80.6 Å². The van der Waals surface area contributed by atoms with Crippen LogP contribution in [-0.4, -0.2) is 29.4 Å². The number of rotatable bonds is 2. The van der Waals surface area contributed by atoms with Gasteiger partial charge in [0.05, 0.1) is 19.2 Å². The van der Waals surface area contributed by atoms with Gasteiger partial charge in [-0.2, -0.15) is 0 Å². The molecule has 0 aliphatic rings. The molecule has 4 nitrogen and oxygen atoms in total. The molecule has 0 aromatic rings. The monoisotopic (exact) mass is 172 g/mol. The van der Waals surface area contributed by atoms with Gasteiger partial charge in [0.25, 0.3) is 0 Å². The molecular formula is C5H9KO4. The number of carbonyl (C=O) groups excluding carboxylic acids is 1. The first-order chi connectivity index (χ1) is 4.18. The summed E-state index contributed by atoms with van der Waals surface area (Å²) >= 11 is 0. The molecule has 0 saturated heterocycles. The van der Waals surface area contributed by atoms with E-state index in [4.69, 9.17) is 20.1 Å². The fraction of sp³-hybridized carbons (Fsp3) is 0.400. The Labute approximate surface area is 102 Å². The van der Waals surface area contributed by atoms with Crippen LogP contribution in [0.25, 0.3) is 0 Å². The number of aliphatic hydroxyl groups is 2. The Hall–Kier alpha value is 0.766. The minimum Gasteiger partial charge on any atom is -0.545 e. The molecule has 2 N–H and O–H groups in total. The summed E-state index contributed by atoms with van der Waals surface area (Å²) in [5, 5.41) is 24.4. The van der Waals surface area contributed by atoms with Crippen LogP contribution in [0.15, 0.2) is 12.7 Å². The van der Waals surface area contributed by atoms with E-state index in [1.807, 2.05) is 0 Å². The second-order valence-electron chi connectivity index (χ2n) is 0.970. The van der Waals surface area contributed by atoms with Crippen molar-refractivity contribution < 1.29 is 71.5 Å². The standard InChI is InChI=1S/C3H4O2.C2H6O2.K/c1-2-3(4)5;3-1-2-4;/h2H,1H2,(H,4,5);3-4H,1-2H2;/q;;+1/p-1. The van der Waals surface area contributed by atoms with E-state index in [2.05, 4.69) is 6.58 Å². The van der Waals surface area contributed by atoms with Gasteiger partial charge in [-0.3, -0.25) is 0 Å². The third kappa shape index (κ3) is 37.3. The Bertz CT molecular complexity index is 81.7. The zero-order chi connectivity index (χ0) is 7.70. The smallest absolute Gasteiger partial charge is 0.545 e. The maximum Gasteiger partial charge on any atom is 1.00 e. The van der Waals surface area contributed by atoms with E-state index in [9.17, 15) is 0 Å². The van der Waals surface area contributed by atoms with Crippen LogP contribution in [0.3, 0.4) is 0 Å². The summed E-state index contributed by atoms with van der Waals surface area (Å²) in [4.78, 5) is 9.14. The van der Waals surface area contributed by atoms with E-state index in [0.717, 1.165) is 6.08 Å². The van der Waals surface area contributed by atoms with Crippen LogP contribution in [0.5, 0.6) is 0 Å². The van der Waals surface area contributed by atoms with Crippen molar-refractivity contribution in [3.63, 3.8) is 0 Å². The molecule has 54 valence electrons. The Morgan fingerprint density at radius 3 is 1.70 bits per heavy atom. The molecule has 0 aromatic carbocycles. The van der Waals surface area contributed by atoms with E-state index in [1.54, 1.807) is 0 Å². The van der Waals surface area contributed by atoms with Crippen LogP contribution in [0.4, 0.5) is 0 Å². The fourth-order valence-corrected chi connectivity index (χ4v) is 0. The molecule has 0 aromatic heterocycles. The maximum atomic E-state index is 9.14. The minimum absolute atomic E-state index is 0. The van der Waals surface area contributed by atoms with Crippen molar-refractivity contribution in [1.29, 1.82) is 0 Å². The predicted molar refractivity (Wildman–Crippen MR) is 29.4 cm³/mol. The van der Waals surface area contributed by atoms with Gasteiger partial charge < -0.3 is 20.1 Å². The van der Waals surface area contributed by atoms with Crippen LogP contribution < -0.4 is 56.5 Å². The van der Waals surface area contributed by atoms with Crippen LogP contribution in [-0.2, 0) is 4.79 Å². The quantitative estimate of drug-likeness (QED) is 0.322. The summed E-state index contributed by atoms with van der Waals surface area (Å²) in [6, 6.07) is 0. The number of aliphatic carboxylic acids is 1. The number of carboxylic acid groups (broad SMARTS) is 1.